The van der Waals surface area contributed by atoms with E-state index in [1.807, 2.05) is 18.3 Å². The Morgan fingerprint density at radius 3 is 2.55 bits per heavy atom. The van der Waals surface area contributed by atoms with Crippen molar-refractivity contribution in [2.45, 2.75) is 39.5 Å². The highest BCUT2D eigenvalue weighted by atomic mass is 16.1. The minimum absolute atomic E-state index is 0.137. The number of nitrogens with two attached hydrogens (primary N) is 1. The smallest absolute Gasteiger partial charge is 0.221 e. The predicted octanol–water partition coefficient (Wildman–Crippen LogP) is 3.91. The minimum atomic E-state index is -0.251. The van der Waals surface area contributed by atoms with Crippen LogP contribution in [0.25, 0.3) is 0 Å². The highest BCUT2D eigenvalue weighted by Gasteiger charge is 2.14. The maximum Gasteiger partial charge on any atom is 0.221 e. The number of nitrogens with zero attached hydrogens (tertiary/aromatic N) is 1. The quantitative estimate of drug-likeness (QED) is 0.666. The third kappa shape index (κ3) is 6.70. The number of amides is 1. The van der Waals surface area contributed by atoms with Gasteiger partial charge in [-0.15, -0.1) is 6.58 Å². The van der Waals surface area contributed by atoms with Crippen molar-refractivity contribution in [1.29, 1.82) is 0 Å². The number of pyridine rings is 1. The lowest BCUT2D eigenvalue weighted by molar-refractivity contribution is -0.121. The molecule has 0 saturated carbocycles. The first-order chi connectivity index (χ1) is 10.5. The van der Waals surface area contributed by atoms with E-state index in [0.29, 0.717) is 24.7 Å². The summed E-state index contributed by atoms with van der Waals surface area (Å²) in [6.07, 6.45) is 11.1. The van der Waals surface area contributed by atoms with Gasteiger partial charge in [-0.2, -0.15) is 0 Å². The summed E-state index contributed by atoms with van der Waals surface area (Å²) in [6, 6.07) is 6.05. The minimum Gasteiger partial charge on any atom is -0.369 e. The SMILES string of the molecule is C=CCC(CC=CCC(Cc1ccccn1)C(C)C)C(N)=O. The molecule has 0 bridgehead atoms. The predicted molar refractivity (Wildman–Crippen MR) is 92.1 cm³/mol. The van der Waals surface area contributed by atoms with Crippen molar-refractivity contribution in [3.63, 3.8) is 0 Å². The summed E-state index contributed by atoms with van der Waals surface area (Å²) in [7, 11) is 0. The number of allylic oxidation sites excluding steroid dienone is 3. The number of rotatable bonds is 10. The van der Waals surface area contributed by atoms with Gasteiger partial charge in [0.15, 0.2) is 0 Å². The fourth-order valence-corrected chi connectivity index (χ4v) is 2.44. The van der Waals surface area contributed by atoms with Gasteiger partial charge in [-0.1, -0.05) is 38.1 Å². The average molecular weight is 300 g/mol. The molecule has 0 aliphatic rings. The van der Waals surface area contributed by atoms with E-state index in [0.717, 1.165) is 18.5 Å². The molecule has 22 heavy (non-hydrogen) atoms. The van der Waals surface area contributed by atoms with Crippen LogP contribution in [-0.4, -0.2) is 10.9 Å². The summed E-state index contributed by atoms with van der Waals surface area (Å²) >= 11 is 0. The lowest BCUT2D eigenvalue weighted by Crippen LogP contribution is -2.22. The standard InChI is InChI=1S/C19H28N2O/c1-4-9-16(19(20)22)10-5-6-11-17(15(2)3)14-18-12-7-8-13-21-18/h4-8,12-13,15-17H,1,9-11,14H2,2-3H3,(H2,20,22). The van der Waals surface area contributed by atoms with Crippen molar-refractivity contribution in [1.82, 2.24) is 4.98 Å². The van der Waals surface area contributed by atoms with Gasteiger partial charge in [0.25, 0.3) is 0 Å². The second-order valence-electron chi connectivity index (χ2n) is 6.10. The zero-order valence-electron chi connectivity index (χ0n) is 13.7. The van der Waals surface area contributed by atoms with Gasteiger partial charge in [0, 0.05) is 17.8 Å². The van der Waals surface area contributed by atoms with Gasteiger partial charge in [-0.25, -0.2) is 0 Å². The lowest BCUT2D eigenvalue weighted by atomic mass is 9.87. The van der Waals surface area contributed by atoms with Crippen LogP contribution in [0.1, 0.15) is 38.8 Å². The third-order valence-electron chi connectivity index (χ3n) is 4.02. The van der Waals surface area contributed by atoms with Gasteiger partial charge in [0.2, 0.25) is 5.91 Å². The molecule has 1 aromatic rings. The monoisotopic (exact) mass is 300 g/mol. The Kier molecular flexibility index (Phi) is 8.19. The van der Waals surface area contributed by atoms with E-state index in [1.54, 1.807) is 6.08 Å². The van der Waals surface area contributed by atoms with Crippen molar-refractivity contribution >= 4 is 5.91 Å². The van der Waals surface area contributed by atoms with Crippen LogP contribution in [0.15, 0.2) is 49.2 Å². The highest BCUT2D eigenvalue weighted by molar-refractivity contribution is 5.76. The first-order valence-corrected chi connectivity index (χ1v) is 7.99. The Hall–Kier alpha value is -1.90. The molecule has 0 aliphatic carbocycles. The molecule has 1 heterocycles. The summed E-state index contributed by atoms with van der Waals surface area (Å²) < 4.78 is 0. The first-order valence-electron chi connectivity index (χ1n) is 7.99. The van der Waals surface area contributed by atoms with Crippen LogP contribution in [-0.2, 0) is 11.2 Å². The normalized spacial score (nSPS) is 14.1. The van der Waals surface area contributed by atoms with E-state index in [-0.39, 0.29) is 11.8 Å². The van der Waals surface area contributed by atoms with Crippen molar-refractivity contribution < 1.29 is 4.79 Å². The molecule has 3 heteroatoms. The molecule has 2 unspecified atom stereocenters. The van der Waals surface area contributed by atoms with Crippen LogP contribution in [0.3, 0.4) is 0 Å². The third-order valence-corrected chi connectivity index (χ3v) is 4.02. The Morgan fingerprint density at radius 1 is 1.27 bits per heavy atom. The van der Waals surface area contributed by atoms with Gasteiger partial charge in [-0.05, 0) is 49.7 Å². The van der Waals surface area contributed by atoms with Gasteiger partial charge in [0.05, 0.1) is 0 Å². The molecule has 2 N–H and O–H groups in total. The van der Waals surface area contributed by atoms with Crippen LogP contribution in [0, 0.1) is 17.8 Å². The lowest BCUT2D eigenvalue weighted by Gasteiger charge is -2.19. The number of aromatic nitrogens is 1. The van der Waals surface area contributed by atoms with Gasteiger partial charge >= 0.3 is 0 Å². The van der Waals surface area contributed by atoms with Crippen molar-refractivity contribution in [3.8, 4) is 0 Å². The molecule has 0 aliphatic heterocycles. The van der Waals surface area contributed by atoms with E-state index < -0.39 is 0 Å². The van der Waals surface area contributed by atoms with Gasteiger partial charge in [-0.3, -0.25) is 9.78 Å². The number of hydrogen-bond acceptors (Lipinski definition) is 2. The Morgan fingerprint density at radius 2 is 2.00 bits per heavy atom. The molecule has 120 valence electrons. The molecular formula is C19H28N2O. The zero-order chi connectivity index (χ0) is 16.4. The average Bonchev–Trinajstić information content (AvgIpc) is 2.49. The topological polar surface area (TPSA) is 56.0 Å². The fourth-order valence-electron chi connectivity index (χ4n) is 2.44. The molecule has 0 spiro atoms. The van der Waals surface area contributed by atoms with E-state index in [2.05, 4.69) is 43.6 Å². The van der Waals surface area contributed by atoms with Crippen molar-refractivity contribution in [2.75, 3.05) is 0 Å². The van der Waals surface area contributed by atoms with Crippen molar-refractivity contribution in [2.24, 2.45) is 23.5 Å². The molecule has 1 rings (SSSR count). The highest BCUT2D eigenvalue weighted by Crippen LogP contribution is 2.21. The zero-order valence-corrected chi connectivity index (χ0v) is 13.7. The molecule has 1 amide bonds. The number of carbonyl (C=O) groups excluding carboxylic acids is 1. The molecule has 1 aromatic heterocycles. The molecule has 0 fully saturated rings. The largest absolute Gasteiger partial charge is 0.369 e. The molecule has 2 atom stereocenters. The summed E-state index contributed by atoms with van der Waals surface area (Å²) in [5.74, 6) is 0.754. The number of hydrogen-bond donors (Lipinski definition) is 1. The second kappa shape index (κ2) is 9.93. The van der Waals surface area contributed by atoms with E-state index in [1.165, 1.54) is 0 Å². The maximum atomic E-state index is 11.3. The summed E-state index contributed by atoms with van der Waals surface area (Å²) in [6.45, 7) is 8.15. The fraction of sp³-hybridized carbons (Fsp3) is 0.474. The number of carbonyl (C=O) groups is 1. The summed E-state index contributed by atoms with van der Waals surface area (Å²) in [4.78, 5) is 15.7. The van der Waals surface area contributed by atoms with E-state index >= 15 is 0 Å². The molecule has 0 aromatic carbocycles. The summed E-state index contributed by atoms with van der Waals surface area (Å²) in [5, 5.41) is 0. The van der Waals surface area contributed by atoms with Crippen molar-refractivity contribution in [3.05, 3.63) is 54.9 Å². The second-order valence-corrected chi connectivity index (χ2v) is 6.10. The van der Waals surface area contributed by atoms with Crippen LogP contribution in [0.2, 0.25) is 0 Å². The number of primary amides is 1. The van der Waals surface area contributed by atoms with Crippen LogP contribution in [0.5, 0.6) is 0 Å². The van der Waals surface area contributed by atoms with Crippen LogP contribution < -0.4 is 5.73 Å². The maximum absolute atomic E-state index is 11.3. The molecule has 3 nitrogen and oxygen atoms in total. The van der Waals surface area contributed by atoms with Gasteiger partial charge in [0.1, 0.15) is 0 Å². The molecular weight excluding hydrogens is 272 g/mol. The Labute approximate surface area is 134 Å². The molecule has 0 radical (unpaired) electrons. The Bertz CT molecular complexity index is 479. The van der Waals surface area contributed by atoms with Crippen LogP contribution in [0.4, 0.5) is 0 Å². The summed E-state index contributed by atoms with van der Waals surface area (Å²) in [5.41, 5.74) is 6.52. The van der Waals surface area contributed by atoms with Gasteiger partial charge < -0.3 is 5.73 Å². The van der Waals surface area contributed by atoms with E-state index in [9.17, 15) is 4.79 Å². The Balaban J connectivity index is 2.52. The van der Waals surface area contributed by atoms with Crippen LogP contribution >= 0.6 is 0 Å². The first kappa shape index (κ1) is 18.1. The van der Waals surface area contributed by atoms with E-state index in [4.69, 9.17) is 5.73 Å². The molecule has 0 saturated heterocycles.